The van der Waals surface area contributed by atoms with Crippen LogP contribution in [0.4, 0.5) is 10.1 Å². The first-order chi connectivity index (χ1) is 14.0. The van der Waals surface area contributed by atoms with Gasteiger partial charge in [-0.15, -0.1) is 0 Å². The number of hydrogen-bond acceptors (Lipinski definition) is 4. The average Bonchev–Trinajstić information content (AvgIpc) is 2.73. The van der Waals surface area contributed by atoms with E-state index in [2.05, 4.69) is 10.0 Å². The van der Waals surface area contributed by atoms with E-state index < -0.39 is 15.8 Å². The van der Waals surface area contributed by atoms with Gasteiger partial charge in [-0.2, -0.15) is 11.8 Å². The normalized spacial score (nSPS) is 15.1. The third kappa shape index (κ3) is 6.21. The number of carbonyl (C=O) groups excluding carboxylic acids is 1. The SMILES string of the molecule is O=C(NCCSC1CCCCC1)c1cccc(S(=O)(=O)Nc2ccccc2F)c1. The number of hydrogen-bond donors (Lipinski definition) is 2. The standard InChI is InChI=1S/C21H25FN2O3S2/c22-19-11-4-5-12-20(19)24-29(26,27)18-10-6-7-16(15-18)21(25)23-13-14-28-17-8-2-1-3-9-17/h4-7,10-12,15,17,24H,1-3,8-9,13-14H2,(H,23,25). The summed E-state index contributed by atoms with van der Waals surface area (Å²) >= 11 is 1.89. The smallest absolute Gasteiger partial charge is 0.262 e. The molecule has 2 aromatic carbocycles. The number of halogens is 1. The predicted molar refractivity (Wildman–Crippen MR) is 115 cm³/mol. The lowest BCUT2D eigenvalue weighted by Crippen LogP contribution is -2.26. The molecule has 0 aliphatic heterocycles. The molecule has 29 heavy (non-hydrogen) atoms. The van der Waals surface area contributed by atoms with Gasteiger partial charge in [0.2, 0.25) is 0 Å². The van der Waals surface area contributed by atoms with E-state index in [-0.39, 0.29) is 22.1 Å². The summed E-state index contributed by atoms with van der Waals surface area (Å²) in [7, 11) is -4.01. The number of rotatable bonds is 8. The third-order valence-electron chi connectivity index (χ3n) is 4.82. The van der Waals surface area contributed by atoms with Crippen molar-refractivity contribution in [2.75, 3.05) is 17.0 Å². The van der Waals surface area contributed by atoms with Crippen LogP contribution in [-0.2, 0) is 10.0 Å². The molecule has 1 aliphatic rings. The van der Waals surface area contributed by atoms with E-state index in [4.69, 9.17) is 0 Å². The molecule has 0 radical (unpaired) electrons. The van der Waals surface area contributed by atoms with Crippen molar-refractivity contribution in [1.82, 2.24) is 5.32 Å². The van der Waals surface area contributed by atoms with Gasteiger partial charge in [0.05, 0.1) is 10.6 Å². The molecule has 3 rings (SSSR count). The second-order valence-corrected chi connectivity index (χ2v) is 10.1. The van der Waals surface area contributed by atoms with Crippen LogP contribution in [-0.4, -0.2) is 31.9 Å². The Balaban J connectivity index is 1.57. The van der Waals surface area contributed by atoms with Gasteiger partial charge in [-0.1, -0.05) is 37.5 Å². The lowest BCUT2D eigenvalue weighted by atomic mass is 10.0. The van der Waals surface area contributed by atoms with Crippen LogP contribution in [0.3, 0.4) is 0 Å². The van der Waals surface area contributed by atoms with Crippen LogP contribution in [0.5, 0.6) is 0 Å². The van der Waals surface area contributed by atoms with Gasteiger partial charge in [-0.25, -0.2) is 12.8 Å². The van der Waals surface area contributed by atoms with Crippen molar-refractivity contribution in [1.29, 1.82) is 0 Å². The Morgan fingerprint density at radius 1 is 1.07 bits per heavy atom. The monoisotopic (exact) mass is 436 g/mol. The molecule has 0 bridgehead atoms. The topological polar surface area (TPSA) is 75.3 Å². The minimum Gasteiger partial charge on any atom is -0.351 e. The van der Waals surface area contributed by atoms with Crippen LogP contribution in [0, 0.1) is 5.82 Å². The maximum absolute atomic E-state index is 13.8. The fraction of sp³-hybridized carbons (Fsp3) is 0.381. The number of amides is 1. The maximum atomic E-state index is 13.8. The summed E-state index contributed by atoms with van der Waals surface area (Å²) in [4.78, 5) is 12.3. The Morgan fingerprint density at radius 3 is 2.59 bits per heavy atom. The van der Waals surface area contributed by atoms with E-state index in [0.717, 1.165) is 5.75 Å². The summed E-state index contributed by atoms with van der Waals surface area (Å²) in [6.07, 6.45) is 6.37. The zero-order valence-corrected chi connectivity index (χ0v) is 17.7. The van der Waals surface area contributed by atoms with Crippen molar-refractivity contribution in [3.63, 3.8) is 0 Å². The molecule has 0 spiro atoms. The molecule has 8 heteroatoms. The molecule has 0 saturated heterocycles. The van der Waals surface area contributed by atoms with Crippen LogP contribution >= 0.6 is 11.8 Å². The highest BCUT2D eigenvalue weighted by molar-refractivity contribution is 7.99. The number of thioether (sulfide) groups is 1. The van der Waals surface area contributed by atoms with Crippen LogP contribution < -0.4 is 10.0 Å². The second kappa shape index (κ2) is 10.1. The van der Waals surface area contributed by atoms with E-state index in [9.17, 15) is 17.6 Å². The van der Waals surface area contributed by atoms with Crippen molar-refractivity contribution in [3.8, 4) is 0 Å². The lowest BCUT2D eigenvalue weighted by molar-refractivity contribution is 0.0956. The quantitative estimate of drug-likeness (QED) is 0.601. The Hall–Kier alpha value is -2.06. The van der Waals surface area contributed by atoms with Gasteiger partial charge in [-0.05, 0) is 43.2 Å². The van der Waals surface area contributed by atoms with Gasteiger partial charge in [0.1, 0.15) is 5.82 Å². The van der Waals surface area contributed by atoms with Gasteiger partial charge >= 0.3 is 0 Å². The Labute approximate surface area is 175 Å². The summed E-state index contributed by atoms with van der Waals surface area (Å²) in [5.74, 6) is -0.152. The number of sulfonamides is 1. The maximum Gasteiger partial charge on any atom is 0.262 e. The third-order valence-corrected chi connectivity index (χ3v) is 7.56. The lowest BCUT2D eigenvalue weighted by Gasteiger charge is -2.20. The van der Waals surface area contributed by atoms with Crippen LogP contribution in [0.15, 0.2) is 53.4 Å². The molecule has 2 aromatic rings. The number of anilines is 1. The highest BCUT2D eigenvalue weighted by Gasteiger charge is 2.18. The van der Waals surface area contributed by atoms with Gasteiger partial charge < -0.3 is 5.32 Å². The number of benzene rings is 2. The summed E-state index contributed by atoms with van der Waals surface area (Å²) < 4.78 is 41.1. The Morgan fingerprint density at radius 2 is 1.83 bits per heavy atom. The first-order valence-corrected chi connectivity index (χ1v) is 12.3. The minimum absolute atomic E-state index is 0.0926. The van der Waals surface area contributed by atoms with E-state index in [1.165, 1.54) is 74.6 Å². The molecule has 2 N–H and O–H groups in total. The largest absolute Gasteiger partial charge is 0.351 e. The molecule has 5 nitrogen and oxygen atoms in total. The average molecular weight is 437 g/mol. The van der Waals surface area contributed by atoms with Crippen molar-refractivity contribution >= 4 is 33.4 Å². The molecule has 0 heterocycles. The summed E-state index contributed by atoms with van der Waals surface area (Å²) in [6, 6.07) is 11.3. The Kier molecular flexibility index (Phi) is 7.55. The molecular formula is C21H25FN2O3S2. The molecule has 0 atom stereocenters. The minimum atomic E-state index is -4.01. The van der Waals surface area contributed by atoms with E-state index in [1.807, 2.05) is 11.8 Å². The molecule has 1 fully saturated rings. The zero-order chi connectivity index (χ0) is 20.7. The molecule has 0 aromatic heterocycles. The molecule has 0 unspecified atom stereocenters. The van der Waals surface area contributed by atoms with Crippen molar-refractivity contribution < 1.29 is 17.6 Å². The zero-order valence-electron chi connectivity index (χ0n) is 16.1. The van der Waals surface area contributed by atoms with Crippen molar-refractivity contribution in [2.45, 2.75) is 42.2 Å². The molecule has 156 valence electrons. The summed E-state index contributed by atoms with van der Waals surface area (Å²) in [5.41, 5.74) is 0.117. The second-order valence-electron chi connectivity index (χ2n) is 7.00. The highest BCUT2D eigenvalue weighted by Crippen LogP contribution is 2.27. The Bertz CT molecular complexity index is 944. The first kappa shape index (κ1) is 21.6. The highest BCUT2D eigenvalue weighted by atomic mass is 32.2. The summed E-state index contributed by atoms with van der Waals surface area (Å²) in [5, 5.41) is 3.52. The fourth-order valence-corrected chi connectivity index (χ4v) is 5.61. The van der Waals surface area contributed by atoms with Crippen LogP contribution in [0.25, 0.3) is 0 Å². The molecule has 1 aliphatic carbocycles. The predicted octanol–water partition coefficient (Wildman–Crippen LogP) is 4.42. The first-order valence-electron chi connectivity index (χ1n) is 9.73. The number of carbonyl (C=O) groups is 1. The van der Waals surface area contributed by atoms with Gasteiger partial charge in [0, 0.05) is 23.1 Å². The van der Waals surface area contributed by atoms with E-state index in [0.29, 0.717) is 11.8 Å². The number of nitrogens with one attached hydrogen (secondary N) is 2. The van der Waals surface area contributed by atoms with E-state index >= 15 is 0 Å². The van der Waals surface area contributed by atoms with Gasteiger partial charge in [-0.3, -0.25) is 9.52 Å². The molecular weight excluding hydrogens is 411 g/mol. The van der Waals surface area contributed by atoms with Gasteiger partial charge in [0.25, 0.3) is 15.9 Å². The summed E-state index contributed by atoms with van der Waals surface area (Å²) in [6.45, 7) is 0.532. The van der Waals surface area contributed by atoms with E-state index in [1.54, 1.807) is 6.07 Å². The van der Waals surface area contributed by atoms with Crippen molar-refractivity contribution in [3.05, 3.63) is 59.9 Å². The van der Waals surface area contributed by atoms with Crippen molar-refractivity contribution in [2.24, 2.45) is 0 Å². The molecule has 1 amide bonds. The fourth-order valence-electron chi connectivity index (χ4n) is 3.28. The van der Waals surface area contributed by atoms with Gasteiger partial charge in [0.15, 0.2) is 0 Å². The number of para-hydroxylation sites is 1. The van der Waals surface area contributed by atoms with Crippen LogP contribution in [0.2, 0.25) is 0 Å². The molecule has 1 saturated carbocycles. The van der Waals surface area contributed by atoms with Crippen LogP contribution in [0.1, 0.15) is 42.5 Å².